The number of carboxylic acids is 1. The van der Waals surface area contributed by atoms with Crippen LogP contribution in [0.2, 0.25) is 5.82 Å². The van der Waals surface area contributed by atoms with E-state index in [0.717, 1.165) is 12.8 Å². The Morgan fingerprint density at radius 2 is 2.21 bits per heavy atom. The molecule has 1 rings (SSSR count). The molecule has 3 unspecified atom stereocenters. The molecule has 0 bridgehead atoms. The van der Waals surface area contributed by atoms with E-state index in [1.165, 1.54) is 0 Å². The van der Waals surface area contributed by atoms with Crippen LogP contribution in [0, 0.1) is 5.92 Å². The molecule has 0 saturated heterocycles. The van der Waals surface area contributed by atoms with E-state index < -0.39 is 17.9 Å². The maximum absolute atomic E-state index is 11.2. The molecule has 1 fully saturated rings. The number of carbonyl (C=O) groups excluding carboxylic acids is 1. The molecular formula is C12H21BN2O4. The highest BCUT2D eigenvalue weighted by atomic mass is 16.5. The number of methoxy groups -OCH3 is 1. The second-order valence-electron chi connectivity index (χ2n) is 5.02. The first-order chi connectivity index (χ1) is 8.97. The normalized spacial score (nSPS) is 28.6. The molecule has 1 aliphatic carbocycles. The predicted molar refractivity (Wildman–Crippen MR) is 70.9 cm³/mol. The third-order valence-corrected chi connectivity index (χ3v) is 3.63. The van der Waals surface area contributed by atoms with Gasteiger partial charge in [0, 0.05) is 7.11 Å². The number of hydrogen-bond donors (Lipinski definition) is 3. The summed E-state index contributed by atoms with van der Waals surface area (Å²) in [6.07, 6.45) is 2.80. The maximum atomic E-state index is 11.2. The van der Waals surface area contributed by atoms with E-state index in [1.54, 1.807) is 7.11 Å². The van der Waals surface area contributed by atoms with Crippen LogP contribution >= 0.6 is 0 Å². The number of rotatable bonds is 6. The lowest BCUT2D eigenvalue weighted by Gasteiger charge is -2.34. The number of amides is 1. The monoisotopic (exact) mass is 268 g/mol. The van der Waals surface area contributed by atoms with Gasteiger partial charge in [0.2, 0.25) is 5.91 Å². The minimum atomic E-state index is -1.04. The predicted octanol–water partition coefficient (Wildman–Crippen LogP) is -0.323. The standard InChI is InChI=1S/C12H21BN2O4/c1-19-10-3-2-7(4-8(10)13)5-9(12(17)18)15-11(16)6-14/h7-10H,2-6,14H2,1H3,(H,15,16)(H,17,18)/t7?,8?,9-,10?/m0/s1. The molecule has 6 nitrogen and oxygen atoms in total. The number of nitrogens with one attached hydrogen (secondary N) is 1. The van der Waals surface area contributed by atoms with Gasteiger partial charge in [-0.25, -0.2) is 4.79 Å². The molecule has 7 heteroatoms. The molecule has 0 aromatic carbocycles. The van der Waals surface area contributed by atoms with E-state index >= 15 is 0 Å². The van der Waals surface area contributed by atoms with Crippen molar-refractivity contribution in [2.45, 2.75) is 43.6 Å². The number of ether oxygens (including phenoxy) is 1. The molecule has 0 aromatic rings. The van der Waals surface area contributed by atoms with E-state index in [2.05, 4.69) is 5.32 Å². The van der Waals surface area contributed by atoms with Gasteiger partial charge in [-0.15, -0.1) is 0 Å². The fourth-order valence-electron chi connectivity index (χ4n) is 2.58. The maximum Gasteiger partial charge on any atom is 0.326 e. The molecule has 19 heavy (non-hydrogen) atoms. The van der Waals surface area contributed by atoms with Crippen molar-refractivity contribution < 1.29 is 19.4 Å². The molecule has 0 spiro atoms. The lowest BCUT2D eigenvalue weighted by molar-refractivity contribution is -0.142. The molecular weight excluding hydrogens is 247 g/mol. The number of carbonyl (C=O) groups is 2. The lowest BCUT2D eigenvalue weighted by Crippen LogP contribution is -2.45. The van der Waals surface area contributed by atoms with Crippen molar-refractivity contribution in [1.29, 1.82) is 0 Å². The van der Waals surface area contributed by atoms with Crippen LogP contribution < -0.4 is 11.1 Å². The molecule has 4 atom stereocenters. The summed E-state index contributed by atoms with van der Waals surface area (Å²) < 4.78 is 5.26. The Kier molecular flexibility index (Phi) is 6.31. The van der Waals surface area contributed by atoms with Crippen molar-refractivity contribution in [3.63, 3.8) is 0 Å². The van der Waals surface area contributed by atoms with E-state index in [-0.39, 0.29) is 24.4 Å². The van der Waals surface area contributed by atoms with Gasteiger partial charge >= 0.3 is 5.97 Å². The quantitative estimate of drug-likeness (QED) is 0.573. The van der Waals surface area contributed by atoms with E-state index in [9.17, 15) is 9.59 Å². The molecule has 0 aliphatic heterocycles. The largest absolute Gasteiger partial charge is 0.480 e. The Labute approximate surface area is 114 Å². The van der Waals surface area contributed by atoms with Gasteiger partial charge in [0.25, 0.3) is 0 Å². The molecule has 4 N–H and O–H groups in total. The Morgan fingerprint density at radius 1 is 1.53 bits per heavy atom. The first-order valence-electron chi connectivity index (χ1n) is 6.48. The number of nitrogens with two attached hydrogens (primary N) is 1. The smallest absolute Gasteiger partial charge is 0.326 e. The van der Waals surface area contributed by atoms with Crippen LogP contribution in [-0.2, 0) is 14.3 Å². The highest BCUT2D eigenvalue weighted by Crippen LogP contribution is 2.35. The van der Waals surface area contributed by atoms with Crippen molar-refractivity contribution in [1.82, 2.24) is 5.32 Å². The summed E-state index contributed by atoms with van der Waals surface area (Å²) in [6, 6.07) is -0.896. The Balaban J connectivity index is 2.51. The SMILES string of the molecule is [B]C1CC(C[C@H](NC(=O)CN)C(=O)O)CCC1OC. The summed E-state index contributed by atoms with van der Waals surface area (Å²) in [5.41, 5.74) is 5.17. The van der Waals surface area contributed by atoms with E-state index in [0.29, 0.717) is 12.8 Å². The minimum absolute atomic E-state index is 0.0400. The van der Waals surface area contributed by atoms with Gasteiger partial charge in [-0.3, -0.25) is 4.79 Å². The minimum Gasteiger partial charge on any atom is -0.480 e. The van der Waals surface area contributed by atoms with Crippen LogP contribution in [0.5, 0.6) is 0 Å². The summed E-state index contributed by atoms with van der Waals surface area (Å²) in [6.45, 7) is -0.209. The summed E-state index contributed by atoms with van der Waals surface area (Å²) in [7, 11) is 7.61. The van der Waals surface area contributed by atoms with Crippen LogP contribution in [0.15, 0.2) is 0 Å². The Morgan fingerprint density at radius 3 is 2.68 bits per heavy atom. The third-order valence-electron chi connectivity index (χ3n) is 3.63. The third kappa shape index (κ3) is 4.83. The van der Waals surface area contributed by atoms with Crippen molar-refractivity contribution in [2.24, 2.45) is 11.7 Å². The van der Waals surface area contributed by atoms with Gasteiger partial charge < -0.3 is 20.9 Å². The van der Waals surface area contributed by atoms with Crippen LogP contribution in [0.4, 0.5) is 0 Å². The lowest BCUT2D eigenvalue weighted by atomic mass is 9.68. The van der Waals surface area contributed by atoms with Crippen LogP contribution in [0.1, 0.15) is 25.7 Å². The summed E-state index contributed by atoms with van der Waals surface area (Å²) in [5, 5.41) is 11.5. The first kappa shape index (κ1) is 16.0. The van der Waals surface area contributed by atoms with Gasteiger partial charge in [-0.2, -0.15) is 0 Å². The van der Waals surface area contributed by atoms with Gasteiger partial charge in [-0.1, -0.05) is 12.2 Å². The van der Waals surface area contributed by atoms with Gasteiger partial charge in [0.1, 0.15) is 6.04 Å². The van der Waals surface area contributed by atoms with Crippen molar-refractivity contribution in [3.05, 3.63) is 0 Å². The van der Waals surface area contributed by atoms with Gasteiger partial charge in [0.05, 0.1) is 20.5 Å². The summed E-state index contributed by atoms with van der Waals surface area (Å²) in [5.74, 6) is -1.39. The zero-order chi connectivity index (χ0) is 14.4. The number of carboxylic acid groups (broad SMARTS) is 1. The Hall–Kier alpha value is -1.08. The zero-order valence-corrected chi connectivity index (χ0v) is 11.2. The summed E-state index contributed by atoms with van der Waals surface area (Å²) >= 11 is 0. The highest BCUT2D eigenvalue weighted by Gasteiger charge is 2.31. The fourth-order valence-corrected chi connectivity index (χ4v) is 2.58. The topological polar surface area (TPSA) is 102 Å². The highest BCUT2D eigenvalue weighted by molar-refractivity contribution is 6.12. The van der Waals surface area contributed by atoms with Crippen molar-refractivity contribution >= 4 is 19.7 Å². The second kappa shape index (κ2) is 7.50. The van der Waals surface area contributed by atoms with Gasteiger partial charge in [-0.05, 0) is 25.2 Å². The van der Waals surface area contributed by atoms with Crippen molar-refractivity contribution in [2.75, 3.05) is 13.7 Å². The number of aliphatic carboxylic acids is 1. The number of hydrogen-bond acceptors (Lipinski definition) is 4. The van der Waals surface area contributed by atoms with Gasteiger partial charge in [0.15, 0.2) is 0 Å². The van der Waals surface area contributed by atoms with Crippen LogP contribution in [0.3, 0.4) is 0 Å². The zero-order valence-electron chi connectivity index (χ0n) is 11.2. The molecule has 1 saturated carbocycles. The van der Waals surface area contributed by atoms with E-state index in [1.807, 2.05) is 0 Å². The Bertz CT molecular complexity index is 327. The molecule has 0 heterocycles. The summed E-state index contributed by atoms with van der Waals surface area (Å²) in [4.78, 5) is 22.3. The average molecular weight is 268 g/mol. The van der Waals surface area contributed by atoms with Crippen LogP contribution in [0.25, 0.3) is 0 Å². The fraction of sp³-hybridized carbons (Fsp3) is 0.833. The van der Waals surface area contributed by atoms with Crippen LogP contribution in [-0.4, -0.2) is 50.6 Å². The van der Waals surface area contributed by atoms with Crippen molar-refractivity contribution in [3.8, 4) is 0 Å². The molecule has 2 radical (unpaired) electrons. The van der Waals surface area contributed by atoms with E-state index in [4.69, 9.17) is 23.4 Å². The first-order valence-corrected chi connectivity index (χ1v) is 6.48. The second-order valence-corrected chi connectivity index (χ2v) is 5.02. The average Bonchev–Trinajstić information content (AvgIpc) is 2.37. The molecule has 1 amide bonds. The molecule has 1 aliphatic rings. The molecule has 0 aromatic heterocycles. The molecule has 106 valence electrons.